The molecule has 2 aromatic heterocycles. The third-order valence-corrected chi connectivity index (χ3v) is 4.44. The summed E-state index contributed by atoms with van der Waals surface area (Å²) in [4.78, 5) is 5.43. The van der Waals surface area contributed by atoms with Crippen LogP contribution < -0.4 is 4.90 Å². The molecule has 0 spiro atoms. The van der Waals surface area contributed by atoms with Crippen molar-refractivity contribution in [3.63, 3.8) is 0 Å². The quantitative estimate of drug-likeness (QED) is 0.480. The summed E-state index contributed by atoms with van der Waals surface area (Å²) in [6.07, 6.45) is -2.73. The number of alkyl halides is 2. The fraction of sp³-hybridized carbons (Fsp3) is 0.211. The normalized spacial score (nSPS) is 11.7. The third-order valence-electron chi connectivity index (χ3n) is 4.44. The molecule has 28 heavy (non-hydrogen) atoms. The fourth-order valence-electron chi connectivity index (χ4n) is 3.24. The summed E-state index contributed by atoms with van der Waals surface area (Å²) in [5.74, 6) is -1.87. The number of benzene rings is 2. The maximum absolute atomic E-state index is 14.8. The van der Waals surface area contributed by atoms with E-state index in [0.717, 1.165) is 11.6 Å². The van der Waals surface area contributed by atoms with E-state index in [1.165, 1.54) is 15.4 Å². The minimum atomic E-state index is -2.73. The van der Waals surface area contributed by atoms with Crippen LogP contribution >= 0.6 is 0 Å². The highest BCUT2D eigenvalue weighted by molar-refractivity contribution is 5.94. The molecular weight excluding hydrogens is 374 g/mol. The number of rotatable bonds is 4. The zero-order valence-corrected chi connectivity index (χ0v) is 15.0. The van der Waals surface area contributed by atoms with Crippen molar-refractivity contribution >= 4 is 28.2 Å². The van der Waals surface area contributed by atoms with Crippen molar-refractivity contribution in [1.82, 2.24) is 19.6 Å². The summed E-state index contributed by atoms with van der Waals surface area (Å²) in [6, 6.07) is 9.12. The smallest absolute Gasteiger partial charge is 0.257 e. The summed E-state index contributed by atoms with van der Waals surface area (Å²) in [5.41, 5.74) is 1.46. The second-order valence-electron chi connectivity index (χ2n) is 6.41. The Bertz CT molecular complexity index is 1190. The lowest BCUT2D eigenvalue weighted by molar-refractivity contribution is 0.158. The Morgan fingerprint density at radius 3 is 2.57 bits per heavy atom. The lowest BCUT2D eigenvalue weighted by Gasteiger charge is -2.25. The molecule has 0 amide bonds. The first-order valence-corrected chi connectivity index (χ1v) is 8.48. The van der Waals surface area contributed by atoms with E-state index in [1.54, 1.807) is 38.1 Å². The Balaban J connectivity index is 2.10. The van der Waals surface area contributed by atoms with Crippen LogP contribution in [0.4, 0.5) is 29.1 Å². The molecule has 0 atom stereocenters. The van der Waals surface area contributed by atoms with Gasteiger partial charge in [-0.3, -0.25) is 4.40 Å². The largest absolute Gasteiger partial charge is 0.320 e. The number of nitrogens with zero attached hydrogens (tertiary/aromatic N) is 5. The molecule has 9 heteroatoms. The van der Waals surface area contributed by atoms with Gasteiger partial charge in [-0.15, -0.1) is 10.2 Å². The van der Waals surface area contributed by atoms with Gasteiger partial charge in [-0.1, -0.05) is 12.1 Å². The van der Waals surface area contributed by atoms with Gasteiger partial charge in [0.25, 0.3) is 12.2 Å². The molecule has 0 aliphatic rings. The molecule has 2 aromatic carbocycles. The van der Waals surface area contributed by atoms with Crippen LogP contribution in [0.1, 0.15) is 11.4 Å². The van der Waals surface area contributed by atoms with E-state index < -0.39 is 24.6 Å². The van der Waals surface area contributed by atoms with Crippen LogP contribution in [0.2, 0.25) is 0 Å². The molecule has 0 fully saturated rings. The van der Waals surface area contributed by atoms with E-state index >= 15 is 0 Å². The molecule has 5 nitrogen and oxygen atoms in total. The van der Waals surface area contributed by atoms with E-state index in [2.05, 4.69) is 15.2 Å². The van der Waals surface area contributed by atoms with E-state index in [9.17, 15) is 17.6 Å². The number of aromatic nitrogens is 4. The van der Waals surface area contributed by atoms with E-state index in [-0.39, 0.29) is 22.5 Å². The zero-order valence-electron chi connectivity index (χ0n) is 15.0. The number of halogens is 4. The molecule has 0 unspecified atom stereocenters. The molecule has 144 valence electrons. The average Bonchev–Trinajstić information content (AvgIpc) is 3.03. The highest BCUT2D eigenvalue weighted by Crippen LogP contribution is 2.35. The Hall–Kier alpha value is -3.23. The summed E-state index contributed by atoms with van der Waals surface area (Å²) in [5, 5.41) is 7.63. The minimum Gasteiger partial charge on any atom is -0.320 e. The van der Waals surface area contributed by atoms with Crippen LogP contribution in [0.3, 0.4) is 0 Å². The first-order chi connectivity index (χ1) is 13.4. The van der Waals surface area contributed by atoms with Gasteiger partial charge in [0.15, 0.2) is 11.6 Å². The molecule has 0 aliphatic carbocycles. The van der Waals surface area contributed by atoms with Gasteiger partial charge in [-0.2, -0.15) is 4.98 Å². The van der Waals surface area contributed by atoms with Crippen molar-refractivity contribution in [3.05, 3.63) is 59.4 Å². The highest BCUT2D eigenvalue weighted by Gasteiger charge is 2.25. The monoisotopic (exact) mass is 389 g/mol. The van der Waals surface area contributed by atoms with Crippen molar-refractivity contribution in [1.29, 1.82) is 0 Å². The average molecular weight is 389 g/mol. The van der Waals surface area contributed by atoms with Crippen molar-refractivity contribution in [2.75, 3.05) is 11.4 Å². The molecule has 0 saturated carbocycles. The first-order valence-electron chi connectivity index (χ1n) is 8.48. The zero-order chi connectivity index (χ0) is 20.0. The number of aryl methyl sites for hydroxylation is 2. The number of hydrogen-bond donors (Lipinski definition) is 0. The predicted molar refractivity (Wildman–Crippen MR) is 97.1 cm³/mol. The molecule has 0 aliphatic heterocycles. The molecule has 0 bridgehead atoms. The summed E-state index contributed by atoms with van der Waals surface area (Å²) < 4.78 is 57.1. The predicted octanol–water partition coefficient (Wildman–Crippen LogP) is 4.58. The van der Waals surface area contributed by atoms with Crippen LogP contribution in [0.15, 0.2) is 36.4 Å². The highest BCUT2D eigenvalue weighted by atomic mass is 19.3. The Labute approximate surface area is 157 Å². The standard InChI is InChI=1S/C19H15F4N5/c1-10-4-3-5-12(8-10)27(9-15(21)22)18-16-14(7-6-13(20)17(16)23)28-11(2)25-26-19(28)24-18/h3-8,15H,9H2,1-2H3. The molecule has 0 saturated heterocycles. The van der Waals surface area contributed by atoms with Crippen LogP contribution in [-0.4, -0.2) is 32.6 Å². The van der Waals surface area contributed by atoms with Gasteiger partial charge in [0.2, 0.25) is 0 Å². The van der Waals surface area contributed by atoms with Gasteiger partial charge in [0, 0.05) is 5.69 Å². The van der Waals surface area contributed by atoms with Gasteiger partial charge in [-0.25, -0.2) is 17.6 Å². The Morgan fingerprint density at radius 1 is 1.07 bits per heavy atom. The van der Waals surface area contributed by atoms with Crippen LogP contribution in [0.25, 0.3) is 16.7 Å². The molecule has 0 N–H and O–H groups in total. The summed E-state index contributed by atoms with van der Waals surface area (Å²) >= 11 is 0. The molecule has 4 rings (SSSR count). The molecule has 4 aromatic rings. The van der Waals surface area contributed by atoms with E-state index in [1.807, 2.05) is 0 Å². The van der Waals surface area contributed by atoms with Crippen LogP contribution in [0, 0.1) is 25.5 Å². The number of hydrogen-bond acceptors (Lipinski definition) is 4. The topological polar surface area (TPSA) is 46.3 Å². The molecular formula is C19H15F4N5. The van der Waals surface area contributed by atoms with Gasteiger partial charge in [-0.05, 0) is 43.7 Å². The Kier molecular flexibility index (Phi) is 4.37. The van der Waals surface area contributed by atoms with Crippen LogP contribution in [-0.2, 0) is 0 Å². The van der Waals surface area contributed by atoms with Gasteiger partial charge < -0.3 is 4.90 Å². The van der Waals surface area contributed by atoms with Crippen molar-refractivity contribution in [2.24, 2.45) is 0 Å². The second-order valence-corrected chi connectivity index (χ2v) is 6.41. The lowest BCUT2D eigenvalue weighted by atomic mass is 10.1. The van der Waals surface area contributed by atoms with E-state index in [4.69, 9.17) is 0 Å². The number of fused-ring (bicyclic) bond motifs is 3. The maximum Gasteiger partial charge on any atom is 0.257 e. The van der Waals surface area contributed by atoms with Gasteiger partial charge in [0.05, 0.1) is 17.4 Å². The summed E-state index contributed by atoms with van der Waals surface area (Å²) in [7, 11) is 0. The Morgan fingerprint density at radius 2 is 1.86 bits per heavy atom. The molecule has 2 heterocycles. The van der Waals surface area contributed by atoms with Gasteiger partial charge in [0.1, 0.15) is 11.6 Å². The first kappa shape index (κ1) is 18.1. The summed E-state index contributed by atoms with van der Waals surface area (Å²) in [6.45, 7) is 2.70. The van der Waals surface area contributed by atoms with Crippen molar-refractivity contribution in [3.8, 4) is 0 Å². The SMILES string of the molecule is Cc1cccc(N(CC(F)F)c2nc3nnc(C)n3c3ccc(F)c(F)c23)c1. The maximum atomic E-state index is 14.8. The van der Waals surface area contributed by atoms with Crippen molar-refractivity contribution < 1.29 is 17.6 Å². The third kappa shape index (κ3) is 2.92. The fourth-order valence-corrected chi connectivity index (χ4v) is 3.24. The minimum absolute atomic E-state index is 0.109. The van der Waals surface area contributed by atoms with E-state index in [0.29, 0.717) is 11.5 Å². The lowest BCUT2D eigenvalue weighted by Crippen LogP contribution is -2.25. The van der Waals surface area contributed by atoms with Gasteiger partial charge >= 0.3 is 0 Å². The second kappa shape index (κ2) is 6.74. The van der Waals surface area contributed by atoms with Crippen LogP contribution in [0.5, 0.6) is 0 Å². The molecule has 0 radical (unpaired) electrons. The number of anilines is 2. The van der Waals surface area contributed by atoms with Crippen molar-refractivity contribution in [2.45, 2.75) is 20.3 Å².